The van der Waals surface area contributed by atoms with Gasteiger partial charge in [0.1, 0.15) is 0 Å². The van der Waals surface area contributed by atoms with Gasteiger partial charge in [-0.3, -0.25) is 4.79 Å². The van der Waals surface area contributed by atoms with E-state index in [0.29, 0.717) is 0 Å². The van der Waals surface area contributed by atoms with Gasteiger partial charge in [-0.05, 0) is 0 Å². The minimum absolute atomic E-state index is 0. The molecule has 1 N–H and O–H groups in total. The molecule has 0 radical (unpaired) electrons. The van der Waals surface area contributed by atoms with Gasteiger partial charge in [0, 0.05) is 6.92 Å². The van der Waals surface area contributed by atoms with E-state index in [-0.39, 0.29) is 9.90 Å². The van der Waals surface area contributed by atoms with Gasteiger partial charge in [-0.15, -0.1) is 0 Å². The van der Waals surface area contributed by atoms with Crippen LogP contribution in [0, 0.1) is 0 Å². The fourth-order valence-corrected chi connectivity index (χ4v) is 0. The fourth-order valence-electron chi connectivity index (χ4n) is 0. The second-order valence-electron chi connectivity index (χ2n) is 0.519. The summed E-state index contributed by atoms with van der Waals surface area (Å²) in [7, 11) is 0. The molecule has 0 spiro atoms. The number of carboxylic acids is 1. The van der Waals surface area contributed by atoms with Crippen molar-refractivity contribution in [2.45, 2.75) is 6.92 Å². The van der Waals surface area contributed by atoms with Crippen LogP contribution in [0.3, 0.4) is 0 Å². The van der Waals surface area contributed by atoms with Gasteiger partial charge < -0.3 is 5.11 Å². The number of rotatable bonds is 0. The summed E-state index contributed by atoms with van der Waals surface area (Å²) in [6.45, 7) is 1.08. The molecule has 3 heteroatoms. The third-order valence-corrected chi connectivity index (χ3v) is 0. The molecule has 5 heavy (non-hydrogen) atoms. The molecule has 0 aliphatic rings. The molecule has 0 fully saturated rings. The quantitative estimate of drug-likeness (QED) is 0.417. The predicted octanol–water partition coefficient (Wildman–Crippen LogP) is -0.386. The summed E-state index contributed by atoms with van der Waals surface area (Å²) in [6, 6.07) is 0. The molecule has 0 aliphatic heterocycles. The maximum absolute atomic E-state index is 9.00. The van der Waals surface area contributed by atoms with Gasteiger partial charge >= 0.3 is 9.90 Å². The third-order valence-electron chi connectivity index (χ3n) is 0. The van der Waals surface area contributed by atoms with Crippen LogP contribution in [-0.2, 0) is 4.79 Å². The van der Waals surface area contributed by atoms with E-state index in [1.54, 1.807) is 0 Å². The van der Waals surface area contributed by atoms with Crippen molar-refractivity contribution < 1.29 is 9.90 Å². The van der Waals surface area contributed by atoms with Crippen LogP contribution < -0.4 is 0 Å². The van der Waals surface area contributed by atoms with Crippen molar-refractivity contribution in [3.8, 4) is 0 Å². The Morgan fingerprint density at radius 1 is 1.80 bits per heavy atom. The molecule has 0 aromatic rings. The van der Waals surface area contributed by atoms with Crippen molar-refractivity contribution in [2.75, 3.05) is 0 Å². The molecule has 0 heterocycles. The summed E-state index contributed by atoms with van der Waals surface area (Å²) in [5.41, 5.74) is 0. The van der Waals surface area contributed by atoms with E-state index < -0.39 is 5.97 Å². The fraction of sp³-hybridized carbons (Fsp3) is 0.500. The topological polar surface area (TPSA) is 37.3 Å². The molecule has 0 unspecified atom stereocenters. The summed E-state index contributed by atoms with van der Waals surface area (Å²) < 4.78 is 0. The predicted molar refractivity (Wildman–Crippen MR) is 27.2 cm³/mol. The van der Waals surface area contributed by atoms with Gasteiger partial charge in [0.15, 0.2) is 0 Å². The van der Waals surface area contributed by atoms with Gasteiger partial charge in [0.05, 0.1) is 0 Å². The van der Waals surface area contributed by atoms with Gasteiger partial charge in [-0.25, -0.2) is 0 Å². The molecule has 0 amide bonds. The Labute approximate surface area is 33.8 Å². The summed E-state index contributed by atoms with van der Waals surface area (Å²) in [5.74, 6) is -0.833. The first-order valence-electron chi connectivity index (χ1n) is 0.928. The van der Waals surface area contributed by atoms with E-state index in [0.717, 1.165) is 6.92 Å². The molecule has 0 saturated heterocycles. The molecule has 34 valence electrons. The van der Waals surface area contributed by atoms with Crippen molar-refractivity contribution in [3.63, 3.8) is 0 Å². The Morgan fingerprint density at radius 3 is 1.80 bits per heavy atom. The van der Waals surface area contributed by atoms with Crippen molar-refractivity contribution in [1.82, 2.24) is 0 Å². The Balaban J connectivity index is 0. The monoisotopic (exact) mass is 96.0 g/mol. The first-order valence-corrected chi connectivity index (χ1v) is 0.928. The first kappa shape index (κ1) is 8.86. The maximum atomic E-state index is 9.00. The first-order chi connectivity index (χ1) is 1.73. The molecular formula is C2H9O2P. The zero-order chi connectivity index (χ0) is 3.58. The van der Waals surface area contributed by atoms with Crippen LogP contribution in [-0.4, -0.2) is 11.1 Å². The van der Waals surface area contributed by atoms with Crippen LogP contribution in [0.2, 0.25) is 0 Å². The zero-order valence-electron chi connectivity index (χ0n) is 2.36. The summed E-state index contributed by atoms with van der Waals surface area (Å²) in [6.07, 6.45) is 0. The normalized spacial score (nSPS) is 5.00. The zero-order valence-corrected chi connectivity index (χ0v) is 2.36. The Bertz CT molecular complexity index is 30.6. The number of carbonyl (C=O) groups is 1. The standard InChI is InChI=1S/C2H4O2.H5P/c1-2(3)4;/h1H3,(H,3,4);1H5. The molecule has 0 aromatic heterocycles. The van der Waals surface area contributed by atoms with E-state index >= 15 is 0 Å². The average Bonchev–Trinajstić information content (AvgIpc) is 0.811. The number of hydrogen-bond acceptors (Lipinski definition) is 1. The Hall–Kier alpha value is -0.100. The Morgan fingerprint density at radius 2 is 1.80 bits per heavy atom. The van der Waals surface area contributed by atoms with Crippen molar-refractivity contribution in [1.29, 1.82) is 0 Å². The van der Waals surface area contributed by atoms with E-state index in [1.807, 2.05) is 0 Å². The molecule has 2 nitrogen and oxygen atoms in total. The minimum atomic E-state index is -0.833. The summed E-state index contributed by atoms with van der Waals surface area (Å²) in [4.78, 5) is 9.00. The summed E-state index contributed by atoms with van der Waals surface area (Å²) >= 11 is 0. The van der Waals surface area contributed by atoms with Crippen LogP contribution in [0.4, 0.5) is 0 Å². The molecular weight excluding hydrogens is 87.0 g/mol. The van der Waals surface area contributed by atoms with E-state index in [9.17, 15) is 0 Å². The second-order valence-corrected chi connectivity index (χ2v) is 0.519. The molecule has 0 bridgehead atoms. The van der Waals surface area contributed by atoms with E-state index in [2.05, 4.69) is 0 Å². The van der Waals surface area contributed by atoms with Gasteiger partial charge in [0.2, 0.25) is 0 Å². The van der Waals surface area contributed by atoms with Crippen molar-refractivity contribution in [2.24, 2.45) is 0 Å². The van der Waals surface area contributed by atoms with E-state index in [4.69, 9.17) is 9.90 Å². The van der Waals surface area contributed by atoms with Gasteiger partial charge in [0.25, 0.3) is 5.97 Å². The van der Waals surface area contributed by atoms with Crippen LogP contribution in [0.15, 0.2) is 0 Å². The van der Waals surface area contributed by atoms with E-state index in [1.165, 1.54) is 0 Å². The SMILES string of the molecule is CC(=O)O.[PH5]. The number of aliphatic carboxylic acids is 1. The average molecular weight is 96.1 g/mol. The van der Waals surface area contributed by atoms with Crippen molar-refractivity contribution >= 4 is 15.9 Å². The van der Waals surface area contributed by atoms with Crippen LogP contribution in [0.5, 0.6) is 0 Å². The molecule has 0 rings (SSSR count). The van der Waals surface area contributed by atoms with Crippen molar-refractivity contribution in [3.05, 3.63) is 0 Å². The summed E-state index contributed by atoms with van der Waals surface area (Å²) in [5, 5.41) is 7.42. The molecule has 0 atom stereocenters. The second kappa shape index (κ2) is 3.90. The third kappa shape index (κ3) is 1410. The number of carboxylic acid groups (broad SMARTS) is 1. The molecule has 0 saturated carbocycles. The molecule has 0 aliphatic carbocycles. The van der Waals surface area contributed by atoms with Crippen LogP contribution in [0.25, 0.3) is 0 Å². The van der Waals surface area contributed by atoms with Crippen LogP contribution >= 0.6 is 9.90 Å². The molecule has 0 aromatic carbocycles. The Kier molecular flexibility index (Phi) is 6.91. The van der Waals surface area contributed by atoms with Crippen LogP contribution in [0.1, 0.15) is 6.92 Å². The van der Waals surface area contributed by atoms with Gasteiger partial charge in [-0.1, -0.05) is 0 Å². The van der Waals surface area contributed by atoms with Gasteiger partial charge in [-0.2, -0.15) is 0 Å². The number of hydrogen-bond donors (Lipinski definition) is 1.